The number of carbonyl (C=O) groups excluding carboxylic acids is 2. The van der Waals surface area contributed by atoms with Gasteiger partial charge in [-0.25, -0.2) is 0 Å². The number of halogens is 1. The van der Waals surface area contributed by atoms with Crippen molar-refractivity contribution in [1.82, 2.24) is 5.32 Å². The molecule has 0 saturated heterocycles. The molecule has 22 heavy (non-hydrogen) atoms. The molecule has 0 aromatic heterocycles. The van der Waals surface area contributed by atoms with Crippen molar-refractivity contribution in [2.45, 2.75) is 65.0 Å². The molecule has 2 aliphatic carbocycles. The first kappa shape index (κ1) is 19.2. The van der Waals surface area contributed by atoms with Crippen LogP contribution < -0.4 is 16.8 Å². The third-order valence-electron chi connectivity index (χ3n) is 5.22. The van der Waals surface area contributed by atoms with Crippen LogP contribution in [0.1, 0.15) is 52.9 Å². The van der Waals surface area contributed by atoms with E-state index in [-0.39, 0.29) is 35.7 Å². The molecule has 2 aliphatic rings. The van der Waals surface area contributed by atoms with Crippen molar-refractivity contribution in [2.24, 2.45) is 34.6 Å². The lowest BCUT2D eigenvalue weighted by molar-refractivity contribution is -0.134. The fraction of sp³-hybridized carbons (Fsp3) is 0.875. The predicted octanol–water partition coefficient (Wildman–Crippen LogP) is 1.58. The zero-order valence-corrected chi connectivity index (χ0v) is 14.6. The third-order valence-corrected chi connectivity index (χ3v) is 5.22. The van der Waals surface area contributed by atoms with Crippen LogP contribution in [0, 0.1) is 23.2 Å². The van der Waals surface area contributed by atoms with Crippen molar-refractivity contribution in [3.8, 4) is 0 Å². The summed E-state index contributed by atoms with van der Waals surface area (Å²) in [6, 6.07) is -0.377. The van der Waals surface area contributed by atoms with Gasteiger partial charge in [-0.3, -0.25) is 9.59 Å². The van der Waals surface area contributed by atoms with Crippen LogP contribution in [-0.2, 0) is 9.59 Å². The summed E-state index contributed by atoms with van der Waals surface area (Å²) in [5.41, 5.74) is 11.3. The molecule has 128 valence electrons. The van der Waals surface area contributed by atoms with Crippen molar-refractivity contribution in [3.63, 3.8) is 0 Å². The van der Waals surface area contributed by atoms with Crippen LogP contribution in [0.25, 0.3) is 0 Å². The fourth-order valence-electron chi connectivity index (χ4n) is 3.98. The molecule has 3 atom stereocenters. The van der Waals surface area contributed by atoms with Gasteiger partial charge in [-0.05, 0) is 42.9 Å². The van der Waals surface area contributed by atoms with Gasteiger partial charge in [-0.15, -0.1) is 12.4 Å². The number of rotatable bonds is 3. The van der Waals surface area contributed by atoms with Gasteiger partial charge in [-0.1, -0.05) is 27.2 Å². The van der Waals surface area contributed by atoms with Crippen LogP contribution >= 0.6 is 12.4 Å². The Kier molecular flexibility index (Phi) is 6.27. The SMILES string of the molecule is CC(C)(C)C(NC(=O)C1CC2CCCC(C1)C2N)C(N)=O.Cl. The predicted molar refractivity (Wildman–Crippen MR) is 89.4 cm³/mol. The van der Waals surface area contributed by atoms with Crippen LogP contribution in [0.3, 0.4) is 0 Å². The Morgan fingerprint density at radius 3 is 2.05 bits per heavy atom. The van der Waals surface area contributed by atoms with Gasteiger partial charge < -0.3 is 16.8 Å². The molecule has 2 rings (SSSR count). The van der Waals surface area contributed by atoms with Gasteiger partial charge in [0, 0.05) is 12.0 Å². The van der Waals surface area contributed by atoms with Gasteiger partial charge >= 0.3 is 0 Å². The third kappa shape index (κ3) is 4.13. The van der Waals surface area contributed by atoms with Crippen molar-refractivity contribution in [1.29, 1.82) is 0 Å². The minimum Gasteiger partial charge on any atom is -0.368 e. The molecule has 0 spiro atoms. The number of carbonyl (C=O) groups is 2. The largest absolute Gasteiger partial charge is 0.368 e. The lowest BCUT2D eigenvalue weighted by Crippen LogP contribution is -2.55. The van der Waals surface area contributed by atoms with Gasteiger partial charge in [0.1, 0.15) is 6.04 Å². The van der Waals surface area contributed by atoms with Gasteiger partial charge in [-0.2, -0.15) is 0 Å². The highest BCUT2D eigenvalue weighted by molar-refractivity contribution is 5.88. The molecule has 0 aromatic carbocycles. The second-order valence-corrected chi connectivity index (χ2v) is 7.91. The molecule has 0 heterocycles. The number of nitrogens with one attached hydrogen (secondary N) is 1. The summed E-state index contributed by atoms with van der Waals surface area (Å²) in [7, 11) is 0. The number of hydrogen-bond acceptors (Lipinski definition) is 3. The molecule has 5 N–H and O–H groups in total. The van der Waals surface area contributed by atoms with Crippen molar-refractivity contribution >= 4 is 24.2 Å². The maximum absolute atomic E-state index is 12.5. The highest BCUT2D eigenvalue weighted by atomic mass is 35.5. The van der Waals surface area contributed by atoms with Crippen LogP contribution in [0.4, 0.5) is 0 Å². The quantitative estimate of drug-likeness (QED) is 0.732. The maximum Gasteiger partial charge on any atom is 0.240 e. The Bertz CT molecular complexity index is 408. The summed E-state index contributed by atoms with van der Waals surface area (Å²) in [5, 5.41) is 2.88. The molecule has 0 radical (unpaired) electrons. The van der Waals surface area contributed by atoms with E-state index in [0.29, 0.717) is 11.8 Å². The zero-order valence-electron chi connectivity index (χ0n) is 13.8. The summed E-state index contributed by atoms with van der Waals surface area (Å²) in [6.45, 7) is 5.73. The van der Waals surface area contributed by atoms with Gasteiger partial charge in [0.25, 0.3) is 0 Å². The lowest BCUT2D eigenvalue weighted by Gasteiger charge is -2.44. The van der Waals surface area contributed by atoms with E-state index < -0.39 is 11.9 Å². The summed E-state index contributed by atoms with van der Waals surface area (Å²) in [4.78, 5) is 24.1. The molecule has 0 aliphatic heterocycles. The van der Waals surface area contributed by atoms with Crippen LogP contribution in [0.15, 0.2) is 0 Å². The second-order valence-electron chi connectivity index (χ2n) is 7.91. The molecule has 6 heteroatoms. The monoisotopic (exact) mass is 331 g/mol. The number of fused-ring (bicyclic) bond motifs is 2. The summed E-state index contributed by atoms with van der Waals surface area (Å²) in [5.74, 6) is 0.384. The van der Waals surface area contributed by atoms with Gasteiger partial charge in [0.05, 0.1) is 0 Å². The Balaban J connectivity index is 0.00000242. The first-order chi connectivity index (χ1) is 9.70. The first-order valence-corrected chi connectivity index (χ1v) is 8.05. The van der Waals surface area contributed by atoms with E-state index in [1.807, 2.05) is 20.8 Å². The van der Waals surface area contributed by atoms with Gasteiger partial charge in [0.15, 0.2) is 0 Å². The minimum absolute atomic E-state index is 0. The highest BCUT2D eigenvalue weighted by Gasteiger charge is 2.42. The van der Waals surface area contributed by atoms with Crippen LogP contribution in [0.2, 0.25) is 0 Å². The molecule has 2 saturated carbocycles. The topological polar surface area (TPSA) is 98.2 Å². The number of hydrogen-bond donors (Lipinski definition) is 3. The smallest absolute Gasteiger partial charge is 0.240 e. The summed E-state index contributed by atoms with van der Waals surface area (Å²) < 4.78 is 0. The molecule has 5 nitrogen and oxygen atoms in total. The Hall–Kier alpha value is -0.810. The fourth-order valence-corrected chi connectivity index (χ4v) is 3.98. The standard InChI is InChI=1S/C16H29N3O2.ClH/c1-16(2,3)13(14(18)20)19-15(21)11-7-9-5-4-6-10(8-11)12(9)17;/h9-13H,4-8,17H2,1-3H3,(H2,18,20)(H,19,21);1H. The van der Waals surface area contributed by atoms with E-state index in [2.05, 4.69) is 5.32 Å². The van der Waals surface area contributed by atoms with E-state index >= 15 is 0 Å². The van der Waals surface area contributed by atoms with E-state index in [4.69, 9.17) is 11.5 Å². The number of amides is 2. The van der Waals surface area contributed by atoms with Crippen molar-refractivity contribution in [3.05, 3.63) is 0 Å². The lowest BCUT2D eigenvalue weighted by atomic mass is 9.65. The normalized spacial score (nSPS) is 32.5. The Morgan fingerprint density at radius 2 is 1.64 bits per heavy atom. The zero-order chi connectivity index (χ0) is 15.8. The van der Waals surface area contributed by atoms with Crippen molar-refractivity contribution < 1.29 is 9.59 Å². The number of nitrogens with two attached hydrogens (primary N) is 2. The van der Waals surface area contributed by atoms with E-state index in [0.717, 1.165) is 25.7 Å². The van der Waals surface area contributed by atoms with Crippen molar-refractivity contribution in [2.75, 3.05) is 0 Å². The van der Waals surface area contributed by atoms with Gasteiger partial charge in [0.2, 0.25) is 11.8 Å². The van der Waals surface area contributed by atoms with E-state index in [9.17, 15) is 9.59 Å². The van der Waals surface area contributed by atoms with Crippen LogP contribution in [-0.4, -0.2) is 23.9 Å². The molecule has 2 fully saturated rings. The molecular formula is C16H30ClN3O2. The van der Waals surface area contributed by atoms with E-state index in [1.165, 1.54) is 6.42 Å². The molecule has 2 bridgehead atoms. The summed E-state index contributed by atoms with van der Waals surface area (Å²) in [6.07, 6.45) is 5.17. The second kappa shape index (κ2) is 7.18. The van der Waals surface area contributed by atoms with E-state index in [1.54, 1.807) is 0 Å². The minimum atomic E-state index is -0.625. The molecule has 2 amide bonds. The Morgan fingerprint density at radius 1 is 1.14 bits per heavy atom. The highest BCUT2D eigenvalue weighted by Crippen LogP contribution is 2.42. The average molecular weight is 332 g/mol. The Labute approximate surface area is 139 Å². The molecule has 0 aromatic rings. The molecule has 3 unspecified atom stereocenters. The van der Waals surface area contributed by atoms with Crippen LogP contribution in [0.5, 0.6) is 0 Å². The maximum atomic E-state index is 12.5. The number of primary amides is 1. The molecular weight excluding hydrogens is 302 g/mol. The average Bonchev–Trinajstić information content (AvgIpc) is 2.33. The summed E-state index contributed by atoms with van der Waals surface area (Å²) >= 11 is 0. The first-order valence-electron chi connectivity index (χ1n) is 8.05.